The molecule has 0 aliphatic heterocycles. The van der Waals surface area contributed by atoms with Crippen LogP contribution in [0.4, 0.5) is 8.78 Å². The molecule has 58 valence electrons. The highest BCUT2D eigenvalue weighted by Gasteiger charge is 2.05. The summed E-state index contributed by atoms with van der Waals surface area (Å²) < 4.78 is 23.4. The van der Waals surface area contributed by atoms with Crippen molar-refractivity contribution in [1.29, 1.82) is 0 Å². The van der Waals surface area contributed by atoms with Crippen molar-refractivity contribution in [3.63, 3.8) is 0 Å². The second-order valence-electron chi connectivity index (χ2n) is 1.80. The van der Waals surface area contributed by atoms with Crippen LogP contribution in [0, 0.1) is 0 Å². The average molecular weight is 148 g/mol. The van der Waals surface area contributed by atoms with Gasteiger partial charge in [-0.1, -0.05) is 6.58 Å². The monoisotopic (exact) mass is 148 g/mol. The van der Waals surface area contributed by atoms with E-state index in [-0.39, 0.29) is 0 Å². The van der Waals surface area contributed by atoms with E-state index in [1.54, 1.807) is 6.92 Å². The molecule has 4 heteroatoms. The topological polar surface area (TPSA) is 15.6 Å². The SMILES string of the molecule is C=C/C(C)=N\N(C)C(F)F. The molecular weight excluding hydrogens is 138 g/mol. The molecule has 2 nitrogen and oxygen atoms in total. The summed E-state index contributed by atoms with van der Waals surface area (Å²) in [5.74, 6) is 0. The Labute approximate surface area is 58.8 Å². The van der Waals surface area contributed by atoms with Crippen LogP contribution < -0.4 is 0 Å². The van der Waals surface area contributed by atoms with Crippen LogP contribution in [0.5, 0.6) is 0 Å². The van der Waals surface area contributed by atoms with Crippen molar-refractivity contribution >= 4 is 5.71 Å². The molecule has 0 amide bonds. The van der Waals surface area contributed by atoms with Gasteiger partial charge in [-0.3, -0.25) is 0 Å². The average Bonchev–Trinajstić information content (AvgIpc) is 1.87. The molecular formula is C6H10F2N2. The van der Waals surface area contributed by atoms with Gasteiger partial charge in [-0.05, 0) is 13.0 Å². The first-order valence-corrected chi connectivity index (χ1v) is 2.76. The molecule has 0 aromatic rings. The zero-order chi connectivity index (χ0) is 8.15. The van der Waals surface area contributed by atoms with Crippen molar-refractivity contribution in [3.05, 3.63) is 12.7 Å². The van der Waals surface area contributed by atoms with Crippen LogP contribution in [0.3, 0.4) is 0 Å². The third kappa shape index (κ3) is 3.17. The maximum absolute atomic E-state index is 11.7. The van der Waals surface area contributed by atoms with Crippen molar-refractivity contribution in [2.75, 3.05) is 7.05 Å². The Kier molecular flexibility index (Phi) is 3.61. The minimum atomic E-state index is -2.55. The highest BCUT2D eigenvalue weighted by molar-refractivity contribution is 5.91. The number of alkyl halides is 2. The van der Waals surface area contributed by atoms with Crippen molar-refractivity contribution in [2.24, 2.45) is 5.10 Å². The molecule has 10 heavy (non-hydrogen) atoms. The van der Waals surface area contributed by atoms with Crippen molar-refractivity contribution in [2.45, 2.75) is 13.5 Å². The quantitative estimate of drug-likeness (QED) is 0.338. The predicted octanol–water partition coefficient (Wildman–Crippen LogP) is 1.70. The molecule has 0 saturated heterocycles. The van der Waals surface area contributed by atoms with Crippen molar-refractivity contribution < 1.29 is 8.78 Å². The molecule has 0 atom stereocenters. The highest BCUT2D eigenvalue weighted by atomic mass is 19.3. The molecule has 0 unspecified atom stereocenters. The van der Waals surface area contributed by atoms with E-state index in [9.17, 15) is 8.78 Å². The molecule has 0 aromatic heterocycles. The smallest absolute Gasteiger partial charge is 0.240 e. The van der Waals surface area contributed by atoms with Gasteiger partial charge < -0.3 is 0 Å². The van der Waals surface area contributed by atoms with Gasteiger partial charge in [0.2, 0.25) is 0 Å². The lowest BCUT2D eigenvalue weighted by Gasteiger charge is -2.10. The number of hydrogen-bond donors (Lipinski definition) is 0. The van der Waals surface area contributed by atoms with Gasteiger partial charge in [0.05, 0.1) is 5.71 Å². The fraction of sp³-hybridized carbons (Fsp3) is 0.500. The van der Waals surface area contributed by atoms with Gasteiger partial charge in [-0.15, -0.1) is 0 Å². The van der Waals surface area contributed by atoms with Gasteiger partial charge in [0.15, 0.2) is 0 Å². The molecule has 0 bridgehead atoms. The summed E-state index contributed by atoms with van der Waals surface area (Å²) in [6.45, 7) is 2.43. The fourth-order valence-electron chi connectivity index (χ4n) is 0.333. The van der Waals surface area contributed by atoms with Crippen molar-refractivity contribution in [3.8, 4) is 0 Å². The minimum absolute atomic E-state index is 0.475. The summed E-state index contributed by atoms with van der Waals surface area (Å²) in [5.41, 5.74) is 0.475. The second kappa shape index (κ2) is 3.98. The summed E-state index contributed by atoms with van der Waals surface area (Å²) >= 11 is 0. The number of hydrogen-bond acceptors (Lipinski definition) is 2. The van der Waals surface area contributed by atoms with Crippen molar-refractivity contribution in [1.82, 2.24) is 5.01 Å². The molecule has 0 N–H and O–H groups in total. The van der Waals surface area contributed by atoms with Crippen LogP contribution in [-0.4, -0.2) is 24.3 Å². The Balaban J connectivity index is 3.98. The molecule has 0 spiro atoms. The fourth-order valence-corrected chi connectivity index (χ4v) is 0.333. The normalized spacial score (nSPS) is 11.9. The Morgan fingerprint density at radius 3 is 2.50 bits per heavy atom. The zero-order valence-corrected chi connectivity index (χ0v) is 6.01. The third-order valence-corrected chi connectivity index (χ3v) is 0.893. The highest BCUT2D eigenvalue weighted by Crippen LogP contribution is 1.99. The van der Waals surface area contributed by atoms with Gasteiger partial charge in [0, 0.05) is 7.05 Å². The molecule has 0 radical (unpaired) electrons. The Morgan fingerprint density at radius 1 is 1.70 bits per heavy atom. The number of halogens is 2. The number of hydrazone groups is 1. The first-order chi connectivity index (χ1) is 4.57. The second-order valence-corrected chi connectivity index (χ2v) is 1.80. The van der Waals surface area contributed by atoms with Crippen LogP contribution in [0.15, 0.2) is 17.8 Å². The summed E-state index contributed by atoms with van der Waals surface area (Å²) in [4.78, 5) is 0. The first-order valence-electron chi connectivity index (χ1n) is 2.76. The van der Waals surface area contributed by atoms with Crippen LogP contribution in [0.2, 0.25) is 0 Å². The van der Waals surface area contributed by atoms with Gasteiger partial charge in [0.25, 0.3) is 0 Å². The number of nitrogens with zero attached hydrogens (tertiary/aromatic N) is 2. The van der Waals surface area contributed by atoms with Crippen LogP contribution >= 0.6 is 0 Å². The molecule has 0 aliphatic carbocycles. The largest absolute Gasteiger partial charge is 0.329 e. The third-order valence-electron chi connectivity index (χ3n) is 0.893. The van der Waals surface area contributed by atoms with E-state index >= 15 is 0 Å². The minimum Gasteiger partial charge on any atom is -0.240 e. The predicted molar refractivity (Wildman–Crippen MR) is 37.1 cm³/mol. The Morgan fingerprint density at radius 2 is 2.20 bits per heavy atom. The van der Waals surface area contributed by atoms with E-state index in [0.29, 0.717) is 10.7 Å². The van der Waals surface area contributed by atoms with E-state index in [4.69, 9.17) is 0 Å². The maximum Gasteiger partial charge on any atom is 0.329 e. The standard InChI is InChI=1S/C6H10F2N2/c1-4-5(2)9-10(3)6(7)8/h4,6H,1H2,2-3H3/b9-5-. The lowest BCUT2D eigenvalue weighted by Crippen LogP contribution is -2.18. The van der Waals surface area contributed by atoms with Gasteiger partial charge in [-0.25, -0.2) is 5.01 Å². The van der Waals surface area contributed by atoms with Gasteiger partial charge >= 0.3 is 6.55 Å². The maximum atomic E-state index is 11.7. The summed E-state index contributed by atoms with van der Waals surface area (Å²) in [7, 11) is 1.21. The van der Waals surface area contributed by atoms with Crippen LogP contribution in [0.25, 0.3) is 0 Å². The number of rotatable bonds is 3. The Bertz CT molecular complexity index is 143. The first kappa shape index (κ1) is 9.07. The Hall–Kier alpha value is -0.930. The van der Waals surface area contributed by atoms with Gasteiger partial charge in [-0.2, -0.15) is 13.9 Å². The zero-order valence-electron chi connectivity index (χ0n) is 6.01. The van der Waals surface area contributed by atoms with Crippen LogP contribution in [-0.2, 0) is 0 Å². The summed E-state index contributed by atoms with van der Waals surface area (Å²) in [6.07, 6.45) is 1.42. The van der Waals surface area contributed by atoms with E-state index in [0.717, 1.165) is 0 Å². The molecule has 0 saturated carbocycles. The van der Waals surface area contributed by atoms with E-state index in [2.05, 4.69) is 11.7 Å². The molecule has 0 aromatic carbocycles. The van der Waals surface area contributed by atoms with E-state index in [1.165, 1.54) is 13.1 Å². The molecule has 0 aliphatic rings. The van der Waals surface area contributed by atoms with Gasteiger partial charge in [0.1, 0.15) is 0 Å². The van der Waals surface area contributed by atoms with E-state index in [1.807, 2.05) is 0 Å². The molecule has 0 rings (SSSR count). The summed E-state index contributed by atoms with van der Waals surface area (Å²) in [6, 6.07) is 0. The van der Waals surface area contributed by atoms with Crippen LogP contribution in [0.1, 0.15) is 6.92 Å². The summed E-state index contributed by atoms with van der Waals surface area (Å²) in [5, 5.41) is 4.06. The molecule has 0 heterocycles. The van der Waals surface area contributed by atoms with E-state index < -0.39 is 6.55 Å². The molecule has 0 fully saturated rings. The number of allylic oxidation sites excluding steroid dienone is 1. The lowest BCUT2D eigenvalue weighted by atomic mass is 10.4. The lowest BCUT2D eigenvalue weighted by molar-refractivity contribution is -0.00743.